The van der Waals surface area contributed by atoms with Crippen molar-refractivity contribution in [3.8, 4) is 45.8 Å². The van der Waals surface area contributed by atoms with Gasteiger partial charge in [0.2, 0.25) is 11.2 Å². The Morgan fingerprint density at radius 2 is 1.58 bits per heavy atom. The zero-order valence-corrected chi connectivity index (χ0v) is 14.2. The third kappa shape index (κ3) is 2.61. The van der Waals surface area contributed by atoms with E-state index in [1.807, 2.05) is 0 Å². The van der Waals surface area contributed by atoms with Gasteiger partial charge >= 0.3 is 0 Å². The van der Waals surface area contributed by atoms with Gasteiger partial charge in [-0.1, -0.05) is 0 Å². The molecule has 1 aromatic heterocycles. The van der Waals surface area contributed by atoms with Gasteiger partial charge in [0, 0.05) is 17.7 Å². The van der Waals surface area contributed by atoms with Gasteiger partial charge in [-0.2, -0.15) is 0 Å². The summed E-state index contributed by atoms with van der Waals surface area (Å²) in [5.74, 6) is -1.39. The van der Waals surface area contributed by atoms with Crippen LogP contribution in [0.5, 0.6) is 34.5 Å². The van der Waals surface area contributed by atoms with Gasteiger partial charge in [-0.05, 0) is 17.9 Å². The maximum absolute atomic E-state index is 12.7. The van der Waals surface area contributed by atoms with E-state index in [1.165, 1.54) is 39.5 Å². The van der Waals surface area contributed by atoms with E-state index in [0.717, 1.165) is 6.07 Å². The Bertz CT molecular complexity index is 1030. The van der Waals surface area contributed by atoms with E-state index in [4.69, 9.17) is 18.6 Å². The Labute approximate surface area is 147 Å². The summed E-state index contributed by atoms with van der Waals surface area (Å²) < 4.78 is 20.9. The summed E-state index contributed by atoms with van der Waals surface area (Å²) in [5, 5.41) is 31.6. The molecule has 0 radical (unpaired) electrons. The van der Waals surface area contributed by atoms with Gasteiger partial charge in [0.15, 0.2) is 5.76 Å². The first kappa shape index (κ1) is 17.3. The van der Waals surface area contributed by atoms with Crippen LogP contribution in [0.3, 0.4) is 0 Å². The smallest absolute Gasteiger partial charge is 0.239 e. The fraction of sp³-hybridized carbons (Fsp3) is 0.167. The highest BCUT2D eigenvalue weighted by Crippen LogP contribution is 2.42. The van der Waals surface area contributed by atoms with Crippen molar-refractivity contribution < 1.29 is 33.9 Å². The number of fused-ring (bicyclic) bond motifs is 1. The van der Waals surface area contributed by atoms with E-state index in [1.54, 1.807) is 0 Å². The molecule has 8 heteroatoms. The Hall–Kier alpha value is -3.55. The highest BCUT2D eigenvalue weighted by Gasteiger charge is 2.21. The topological polar surface area (TPSA) is 121 Å². The minimum absolute atomic E-state index is 0.00778. The molecule has 0 unspecified atom stereocenters. The van der Waals surface area contributed by atoms with E-state index >= 15 is 0 Å². The molecule has 3 rings (SSSR count). The fourth-order valence-electron chi connectivity index (χ4n) is 2.65. The van der Waals surface area contributed by atoms with E-state index in [2.05, 4.69) is 0 Å². The van der Waals surface area contributed by atoms with Gasteiger partial charge in [-0.25, -0.2) is 0 Å². The van der Waals surface area contributed by atoms with Gasteiger partial charge in [0.05, 0.1) is 21.3 Å². The van der Waals surface area contributed by atoms with Crippen LogP contribution in [0.25, 0.3) is 22.3 Å². The summed E-state index contributed by atoms with van der Waals surface area (Å²) in [7, 11) is 3.92. The van der Waals surface area contributed by atoms with Gasteiger partial charge in [-0.15, -0.1) is 0 Å². The van der Waals surface area contributed by atoms with Crippen molar-refractivity contribution in [2.24, 2.45) is 0 Å². The monoisotopic (exact) mass is 359 g/mol. The van der Waals surface area contributed by atoms with Crippen molar-refractivity contribution in [1.82, 2.24) is 0 Å². The first-order valence-electron chi connectivity index (χ1n) is 7.41. The zero-order valence-electron chi connectivity index (χ0n) is 14.2. The second-order valence-corrected chi connectivity index (χ2v) is 5.34. The average Bonchev–Trinajstić information content (AvgIpc) is 2.61. The molecule has 1 heterocycles. The second-order valence-electron chi connectivity index (χ2n) is 5.34. The molecule has 0 spiro atoms. The van der Waals surface area contributed by atoms with Crippen LogP contribution in [0.4, 0.5) is 0 Å². The molecule has 0 bridgehead atoms. The Balaban J connectivity index is 2.40. The van der Waals surface area contributed by atoms with E-state index in [0.29, 0.717) is 0 Å². The number of phenols is 2. The molecule has 0 atom stereocenters. The first-order valence-corrected chi connectivity index (χ1v) is 7.41. The first-order chi connectivity index (χ1) is 12.4. The van der Waals surface area contributed by atoms with Crippen LogP contribution in [0.2, 0.25) is 0 Å². The maximum Gasteiger partial charge on any atom is 0.239 e. The minimum Gasteiger partial charge on any atom is -0.867 e. The van der Waals surface area contributed by atoms with Crippen molar-refractivity contribution in [3.05, 3.63) is 34.5 Å². The van der Waals surface area contributed by atoms with Gasteiger partial charge in [0.25, 0.3) is 0 Å². The van der Waals surface area contributed by atoms with Gasteiger partial charge < -0.3 is 33.9 Å². The molecular formula is C18H15O8-. The van der Waals surface area contributed by atoms with Crippen LogP contribution in [0.15, 0.2) is 33.5 Å². The van der Waals surface area contributed by atoms with Crippen molar-refractivity contribution in [1.29, 1.82) is 0 Å². The lowest BCUT2D eigenvalue weighted by molar-refractivity contribution is -0.271. The third-order valence-electron chi connectivity index (χ3n) is 3.84. The van der Waals surface area contributed by atoms with E-state index < -0.39 is 16.9 Å². The molecule has 0 aliphatic heterocycles. The molecule has 2 aromatic carbocycles. The van der Waals surface area contributed by atoms with Crippen molar-refractivity contribution in [3.63, 3.8) is 0 Å². The number of aromatic hydroxyl groups is 2. The molecule has 0 amide bonds. The molecule has 26 heavy (non-hydrogen) atoms. The lowest BCUT2D eigenvalue weighted by atomic mass is 10.1. The Morgan fingerprint density at radius 3 is 2.12 bits per heavy atom. The number of hydrogen-bond donors (Lipinski definition) is 2. The molecule has 8 nitrogen and oxygen atoms in total. The van der Waals surface area contributed by atoms with Crippen LogP contribution >= 0.6 is 0 Å². The number of methoxy groups -OCH3 is 3. The highest BCUT2D eigenvalue weighted by atomic mass is 16.5. The van der Waals surface area contributed by atoms with Crippen molar-refractivity contribution in [2.45, 2.75) is 0 Å². The third-order valence-corrected chi connectivity index (χ3v) is 3.84. The lowest BCUT2D eigenvalue weighted by Gasteiger charge is -2.18. The normalized spacial score (nSPS) is 10.7. The quantitative estimate of drug-likeness (QED) is 0.725. The summed E-state index contributed by atoms with van der Waals surface area (Å²) in [5.41, 5.74) is -0.394. The van der Waals surface area contributed by atoms with Crippen molar-refractivity contribution in [2.75, 3.05) is 21.3 Å². The standard InChI is InChI=1S/C18H16O8/c1-23-12-4-8(5-13(24-2)15(12)21)17-18(25-3)16(22)14-10(20)6-9(19)7-11(14)26-17/h4-7,19-21H,1-3H3/p-1. The maximum atomic E-state index is 12.7. The van der Waals surface area contributed by atoms with Crippen molar-refractivity contribution >= 4 is 11.0 Å². The summed E-state index contributed by atoms with van der Waals surface area (Å²) >= 11 is 0. The van der Waals surface area contributed by atoms with E-state index in [9.17, 15) is 20.1 Å². The number of rotatable bonds is 4. The Kier molecular flexibility index (Phi) is 4.25. The second kappa shape index (κ2) is 6.40. The molecule has 0 saturated heterocycles. The summed E-state index contributed by atoms with van der Waals surface area (Å²) in [4.78, 5) is 12.7. The van der Waals surface area contributed by atoms with Crippen LogP contribution in [-0.2, 0) is 0 Å². The van der Waals surface area contributed by atoms with Gasteiger partial charge in [0.1, 0.15) is 34.0 Å². The number of benzene rings is 2. The highest BCUT2D eigenvalue weighted by molar-refractivity contribution is 5.88. The van der Waals surface area contributed by atoms with E-state index in [-0.39, 0.29) is 45.3 Å². The summed E-state index contributed by atoms with van der Waals surface area (Å²) in [6, 6.07) is 4.97. The Morgan fingerprint density at radius 1 is 0.962 bits per heavy atom. The molecule has 2 N–H and O–H groups in total. The van der Waals surface area contributed by atoms with Crippen LogP contribution in [0, 0.1) is 0 Å². The fourth-order valence-corrected chi connectivity index (χ4v) is 2.65. The number of phenolic OH excluding ortho intramolecular Hbond substituents is 2. The average molecular weight is 359 g/mol. The van der Waals surface area contributed by atoms with Gasteiger partial charge in [-0.3, -0.25) is 4.79 Å². The van der Waals surface area contributed by atoms with Crippen LogP contribution in [-0.4, -0.2) is 31.5 Å². The molecule has 136 valence electrons. The summed E-state index contributed by atoms with van der Waals surface area (Å²) in [6.45, 7) is 0. The summed E-state index contributed by atoms with van der Waals surface area (Å²) in [6.07, 6.45) is 0. The molecule has 0 aliphatic carbocycles. The predicted octanol–water partition coefficient (Wildman–Crippen LogP) is 1.97. The largest absolute Gasteiger partial charge is 0.867 e. The lowest BCUT2D eigenvalue weighted by Crippen LogP contribution is -2.08. The molecule has 0 saturated carbocycles. The molecule has 3 aromatic rings. The predicted molar refractivity (Wildman–Crippen MR) is 90.4 cm³/mol. The molecule has 0 fully saturated rings. The van der Waals surface area contributed by atoms with Crippen LogP contribution in [0.1, 0.15) is 0 Å². The zero-order chi connectivity index (χ0) is 19.0. The SMILES string of the molecule is COc1cc(-c2oc3cc(O)cc(O)c3c(=O)c2OC)cc(OC)c1[O-]. The number of ether oxygens (including phenoxy) is 3. The molecular weight excluding hydrogens is 344 g/mol. The van der Waals surface area contributed by atoms with Crippen LogP contribution < -0.4 is 24.7 Å². The minimum atomic E-state index is -0.634. The number of hydrogen-bond acceptors (Lipinski definition) is 8. The molecule has 0 aliphatic rings.